The Morgan fingerprint density at radius 2 is 2.29 bits per heavy atom. The van der Waals surface area contributed by atoms with Gasteiger partial charge < -0.3 is 10.5 Å². The fourth-order valence-electron chi connectivity index (χ4n) is 1.98. The quantitative estimate of drug-likeness (QED) is 0.673. The van der Waals surface area contributed by atoms with Crippen LogP contribution in [0.25, 0.3) is 6.08 Å². The van der Waals surface area contributed by atoms with Crippen LogP contribution in [0.15, 0.2) is 34.8 Å². The van der Waals surface area contributed by atoms with E-state index >= 15 is 0 Å². The van der Waals surface area contributed by atoms with Crippen LogP contribution in [0.5, 0.6) is 5.75 Å². The smallest absolute Gasteiger partial charge is 0.205 e. The number of hydrogen-bond acceptors (Lipinski definition) is 6. The Hall–Kier alpha value is -2.34. The molecule has 1 aliphatic heterocycles. The second kappa shape index (κ2) is 5.21. The van der Waals surface area contributed by atoms with E-state index in [0.29, 0.717) is 10.9 Å². The molecule has 3 N–H and O–H groups in total. The molecule has 0 atom stereocenters. The van der Waals surface area contributed by atoms with Gasteiger partial charge in [-0.25, -0.2) is 4.98 Å². The lowest BCUT2D eigenvalue weighted by atomic mass is 10.0. The highest BCUT2D eigenvalue weighted by atomic mass is 32.1. The summed E-state index contributed by atoms with van der Waals surface area (Å²) in [5, 5.41) is 6.59. The van der Waals surface area contributed by atoms with Gasteiger partial charge in [-0.1, -0.05) is 6.08 Å². The zero-order chi connectivity index (χ0) is 14.9. The van der Waals surface area contributed by atoms with E-state index < -0.39 is 0 Å². The van der Waals surface area contributed by atoms with E-state index in [1.165, 1.54) is 11.3 Å². The van der Waals surface area contributed by atoms with E-state index in [1.807, 2.05) is 38.1 Å². The molecule has 6 heteroatoms. The molecule has 0 aliphatic carbocycles. The maximum absolute atomic E-state index is 5.88. The molecule has 0 saturated heterocycles. The van der Waals surface area contributed by atoms with Crippen molar-refractivity contribution in [3.8, 4) is 5.75 Å². The highest BCUT2D eigenvalue weighted by Crippen LogP contribution is 2.31. The van der Waals surface area contributed by atoms with E-state index in [4.69, 9.17) is 10.5 Å². The van der Waals surface area contributed by atoms with E-state index in [2.05, 4.69) is 21.6 Å². The molecule has 0 radical (unpaired) electrons. The number of nitrogens with two attached hydrogens (primary N) is 1. The number of nitrogen functional groups attached to an aromatic ring is 1. The molecule has 0 unspecified atom stereocenters. The fourth-order valence-corrected chi connectivity index (χ4v) is 2.53. The van der Waals surface area contributed by atoms with Crippen LogP contribution < -0.4 is 15.9 Å². The topological polar surface area (TPSA) is 72.5 Å². The number of hydrogen-bond donors (Lipinski definition) is 2. The number of hydrazone groups is 1. The molecular formula is C15H16N4OS. The van der Waals surface area contributed by atoms with Gasteiger partial charge in [-0.15, -0.1) is 11.3 Å². The number of rotatable bonds is 3. The third-order valence-electron chi connectivity index (χ3n) is 2.97. The van der Waals surface area contributed by atoms with Gasteiger partial charge in [-0.2, -0.15) is 5.10 Å². The van der Waals surface area contributed by atoms with Gasteiger partial charge in [0.05, 0.1) is 6.21 Å². The number of anilines is 2. The molecule has 2 aromatic rings. The van der Waals surface area contributed by atoms with Gasteiger partial charge in [0.2, 0.25) is 5.13 Å². The number of thiazole rings is 1. The van der Waals surface area contributed by atoms with E-state index in [-0.39, 0.29) is 5.60 Å². The number of benzene rings is 1. The summed E-state index contributed by atoms with van der Waals surface area (Å²) in [4.78, 5) is 4.07. The van der Waals surface area contributed by atoms with Gasteiger partial charge in [0.25, 0.3) is 0 Å². The second-order valence-electron chi connectivity index (χ2n) is 5.28. The lowest BCUT2D eigenvalue weighted by Gasteiger charge is -2.27. The molecule has 5 nitrogen and oxygen atoms in total. The predicted octanol–water partition coefficient (Wildman–Crippen LogP) is 3.36. The van der Waals surface area contributed by atoms with Crippen molar-refractivity contribution in [2.75, 3.05) is 11.2 Å². The SMILES string of the molecule is CC1(C)C=Cc2cc(C=NNc3nc(N)cs3)ccc2O1. The van der Waals surface area contributed by atoms with Gasteiger partial charge in [0, 0.05) is 10.9 Å². The molecule has 1 aliphatic rings. The molecule has 0 saturated carbocycles. The van der Waals surface area contributed by atoms with Crippen molar-refractivity contribution in [3.05, 3.63) is 40.8 Å². The second-order valence-corrected chi connectivity index (χ2v) is 6.14. The Labute approximate surface area is 127 Å². The van der Waals surface area contributed by atoms with Crippen LogP contribution in [0.2, 0.25) is 0 Å². The van der Waals surface area contributed by atoms with Crippen molar-refractivity contribution in [2.45, 2.75) is 19.4 Å². The van der Waals surface area contributed by atoms with Gasteiger partial charge in [0.15, 0.2) is 0 Å². The fraction of sp³-hybridized carbons (Fsp3) is 0.200. The van der Waals surface area contributed by atoms with Crippen LogP contribution in [0, 0.1) is 0 Å². The predicted molar refractivity (Wildman–Crippen MR) is 87.9 cm³/mol. The van der Waals surface area contributed by atoms with Crippen molar-refractivity contribution in [2.24, 2.45) is 5.10 Å². The summed E-state index contributed by atoms with van der Waals surface area (Å²) in [7, 11) is 0. The average molecular weight is 300 g/mol. The van der Waals surface area contributed by atoms with Crippen molar-refractivity contribution in [1.82, 2.24) is 4.98 Å². The van der Waals surface area contributed by atoms with Crippen LogP contribution in [-0.2, 0) is 0 Å². The normalized spacial score (nSPS) is 15.7. The average Bonchev–Trinajstić information content (AvgIpc) is 2.84. The van der Waals surface area contributed by atoms with E-state index in [0.717, 1.165) is 16.9 Å². The largest absolute Gasteiger partial charge is 0.483 e. The summed E-state index contributed by atoms with van der Waals surface area (Å²) in [6.07, 6.45) is 5.86. The third kappa shape index (κ3) is 3.22. The molecule has 1 aromatic carbocycles. The molecular weight excluding hydrogens is 284 g/mol. The number of nitrogens with zero attached hydrogens (tertiary/aromatic N) is 2. The van der Waals surface area contributed by atoms with Crippen molar-refractivity contribution >= 4 is 34.6 Å². The number of ether oxygens (including phenoxy) is 1. The Morgan fingerprint density at radius 1 is 1.43 bits per heavy atom. The van der Waals surface area contributed by atoms with E-state index in [1.54, 1.807) is 11.6 Å². The first kappa shape index (κ1) is 13.6. The summed E-state index contributed by atoms with van der Waals surface area (Å²) in [6.45, 7) is 4.07. The summed E-state index contributed by atoms with van der Waals surface area (Å²) >= 11 is 1.42. The standard InChI is InChI=1S/C15H16N4OS/c1-15(2)6-5-11-7-10(3-4-12(11)20-15)8-17-19-14-18-13(16)9-21-14/h3-9H,16H2,1-2H3,(H,18,19). The molecule has 0 spiro atoms. The molecule has 108 valence electrons. The van der Waals surface area contributed by atoms with Crippen molar-refractivity contribution < 1.29 is 4.74 Å². The highest BCUT2D eigenvalue weighted by Gasteiger charge is 2.21. The van der Waals surface area contributed by atoms with E-state index in [9.17, 15) is 0 Å². The first-order valence-corrected chi connectivity index (χ1v) is 7.42. The number of aromatic nitrogens is 1. The van der Waals surface area contributed by atoms with Gasteiger partial charge in [-0.3, -0.25) is 5.43 Å². The summed E-state index contributed by atoms with van der Waals surface area (Å²) in [5.41, 5.74) is 10.2. The van der Waals surface area contributed by atoms with Crippen LogP contribution >= 0.6 is 11.3 Å². The third-order valence-corrected chi connectivity index (χ3v) is 3.73. The lowest BCUT2D eigenvalue weighted by molar-refractivity contribution is 0.159. The Balaban J connectivity index is 1.73. The molecule has 0 bridgehead atoms. The molecule has 21 heavy (non-hydrogen) atoms. The molecule has 2 heterocycles. The van der Waals surface area contributed by atoms with Crippen LogP contribution in [0.1, 0.15) is 25.0 Å². The van der Waals surface area contributed by atoms with Crippen molar-refractivity contribution in [1.29, 1.82) is 0 Å². The molecule has 1 aromatic heterocycles. The van der Waals surface area contributed by atoms with Crippen LogP contribution in [0.3, 0.4) is 0 Å². The number of nitrogens with one attached hydrogen (secondary N) is 1. The van der Waals surface area contributed by atoms with Crippen LogP contribution in [0.4, 0.5) is 10.9 Å². The monoisotopic (exact) mass is 300 g/mol. The highest BCUT2D eigenvalue weighted by molar-refractivity contribution is 7.14. The Bertz CT molecular complexity index is 718. The lowest BCUT2D eigenvalue weighted by Crippen LogP contribution is -2.27. The zero-order valence-electron chi connectivity index (χ0n) is 11.8. The number of fused-ring (bicyclic) bond motifs is 1. The summed E-state index contributed by atoms with van der Waals surface area (Å²) in [6, 6.07) is 5.96. The maximum atomic E-state index is 5.88. The first-order chi connectivity index (χ1) is 10.0. The minimum Gasteiger partial charge on any atom is -0.483 e. The summed E-state index contributed by atoms with van der Waals surface area (Å²) < 4.78 is 5.88. The van der Waals surface area contributed by atoms with Gasteiger partial charge in [0.1, 0.15) is 17.2 Å². The minimum absolute atomic E-state index is 0.255. The zero-order valence-corrected chi connectivity index (χ0v) is 12.6. The minimum atomic E-state index is -0.255. The van der Waals surface area contributed by atoms with Gasteiger partial charge in [-0.05, 0) is 43.7 Å². The Kier molecular flexibility index (Phi) is 3.39. The van der Waals surface area contributed by atoms with Crippen molar-refractivity contribution in [3.63, 3.8) is 0 Å². The van der Waals surface area contributed by atoms with Gasteiger partial charge >= 0.3 is 0 Å². The molecule has 3 rings (SSSR count). The van der Waals surface area contributed by atoms with Crippen LogP contribution in [-0.4, -0.2) is 16.8 Å². The molecule has 0 fully saturated rings. The Morgan fingerprint density at radius 3 is 3.05 bits per heavy atom. The first-order valence-electron chi connectivity index (χ1n) is 6.54. The summed E-state index contributed by atoms with van der Waals surface area (Å²) in [5.74, 6) is 1.39. The molecule has 0 amide bonds. The maximum Gasteiger partial charge on any atom is 0.205 e.